The first-order valence-electron chi connectivity index (χ1n) is 5.17. The molecule has 0 aromatic heterocycles. The standard InChI is InChI=1S/C10H19NO5/c1-3-16-9(14)5-4-8(13)11-6-10(2,15)7-12/h12,15H,3-7H2,1-2H3,(H,11,13). The van der Waals surface area contributed by atoms with E-state index in [1.54, 1.807) is 6.92 Å². The summed E-state index contributed by atoms with van der Waals surface area (Å²) in [6.45, 7) is 2.89. The second-order valence-corrected chi connectivity index (χ2v) is 3.74. The largest absolute Gasteiger partial charge is 0.466 e. The molecule has 0 spiro atoms. The molecule has 1 unspecified atom stereocenters. The Bertz CT molecular complexity index is 239. The number of nitrogens with one attached hydrogen (secondary N) is 1. The highest BCUT2D eigenvalue weighted by molar-refractivity contribution is 5.81. The van der Waals surface area contributed by atoms with Crippen molar-refractivity contribution in [1.82, 2.24) is 5.32 Å². The van der Waals surface area contributed by atoms with Crippen molar-refractivity contribution in [2.24, 2.45) is 0 Å². The Balaban J connectivity index is 3.71. The van der Waals surface area contributed by atoms with E-state index in [0.29, 0.717) is 6.61 Å². The highest BCUT2D eigenvalue weighted by atomic mass is 16.5. The van der Waals surface area contributed by atoms with Crippen LogP contribution in [0.4, 0.5) is 0 Å². The Morgan fingerprint density at radius 3 is 2.50 bits per heavy atom. The van der Waals surface area contributed by atoms with Gasteiger partial charge in [-0.3, -0.25) is 9.59 Å². The van der Waals surface area contributed by atoms with E-state index in [-0.39, 0.29) is 25.3 Å². The average molecular weight is 233 g/mol. The van der Waals surface area contributed by atoms with Gasteiger partial charge in [-0.1, -0.05) is 0 Å². The van der Waals surface area contributed by atoms with Gasteiger partial charge in [-0.05, 0) is 13.8 Å². The minimum Gasteiger partial charge on any atom is -0.466 e. The zero-order valence-corrected chi connectivity index (χ0v) is 9.65. The van der Waals surface area contributed by atoms with Crippen LogP contribution in [0.3, 0.4) is 0 Å². The van der Waals surface area contributed by atoms with E-state index in [1.807, 2.05) is 0 Å². The van der Waals surface area contributed by atoms with Crippen molar-refractivity contribution in [3.63, 3.8) is 0 Å². The molecule has 0 rings (SSSR count). The van der Waals surface area contributed by atoms with Gasteiger partial charge in [0.1, 0.15) is 5.60 Å². The van der Waals surface area contributed by atoms with Crippen molar-refractivity contribution < 1.29 is 24.5 Å². The van der Waals surface area contributed by atoms with Crippen molar-refractivity contribution in [1.29, 1.82) is 0 Å². The van der Waals surface area contributed by atoms with E-state index in [4.69, 9.17) is 5.11 Å². The molecule has 6 heteroatoms. The molecule has 6 nitrogen and oxygen atoms in total. The fourth-order valence-electron chi connectivity index (χ4n) is 0.882. The maximum Gasteiger partial charge on any atom is 0.306 e. The molecule has 0 aromatic carbocycles. The van der Waals surface area contributed by atoms with E-state index >= 15 is 0 Å². The van der Waals surface area contributed by atoms with Gasteiger partial charge in [-0.2, -0.15) is 0 Å². The molecule has 1 atom stereocenters. The summed E-state index contributed by atoms with van der Waals surface area (Å²) in [6.07, 6.45) is 0.0291. The van der Waals surface area contributed by atoms with Crippen LogP contribution in [-0.4, -0.2) is 47.4 Å². The quantitative estimate of drug-likeness (QED) is 0.500. The molecule has 0 fully saturated rings. The smallest absolute Gasteiger partial charge is 0.306 e. The average Bonchev–Trinajstić information content (AvgIpc) is 2.24. The van der Waals surface area contributed by atoms with Crippen molar-refractivity contribution in [2.45, 2.75) is 32.3 Å². The zero-order valence-electron chi connectivity index (χ0n) is 9.65. The highest BCUT2D eigenvalue weighted by Crippen LogP contribution is 1.99. The Kier molecular flexibility index (Phi) is 6.67. The van der Waals surface area contributed by atoms with Gasteiger partial charge in [0.25, 0.3) is 0 Å². The Morgan fingerprint density at radius 2 is 2.00 bits per heavy atom. The van der Waals surface area contributed by atoms with Crippen LogP contribution in [0.5, 0.6) is 0 Å². The summed E-state index contributed by atoms with van der Waals surface area (Å²) in [5.41, 5.74) is -1.33. The van der Waals surface area contributed by atoms with Gasteiger partial charge >= 0.3 is 5.97 Å². The molecule has 0 aliphatic carbocycles. The van der Waals surface area contributed by atoms with Crippen molar-refractivity contribution in [3.8, 4) is 0 Å². The zero-order chi connectivity index (χ0) is 12.6. The number of esters is 1. The fraction of sp³-hybridized carbons (Fsp3) is 0.800. The van der Waals surface area contributed by atoms with Crippen LogP contribution in [-0.2, 0) is 14.3 Å². The van der Waals surface area contributed by atoms with Crippen LogP contribution in [0.1, 0.15) is 26.7 Å². The third-order valence-corrected chi connectivity index (χ3v) is 1.87. The second kappa shape index (κ2) is 7.19. The van der Waals surface area contributed by atoms with Gasteiger partial charge in [-0.25, -0.2) is 0 Å². The molecule has 0 radical (unpaired) electrons. The molecule has 0 heterocycles. The third kappa shape index (κ3) is 7.19. The number of amides is 1. The second-order valence-electron chi connectivity index (χ2n) is 3.74. The number of hydrogen-bond acceptors (Lipinski definition) is 5. The van der Waals surface area contributed by atoms with Crippen molar-refractivity contribution in [3.05, 3.63) is 0 Å². The summed E-state index contributed by atoms with van der Waals surface area (Å²) < 4.78 is 4.65. The van der Waals surface area contributed by atoms with Crippen LogP contribution in [0.2, 0.25) is 0 Å². The molecular weight excluding hydrogens is 214 g/mol. The van der Waals surface area contributed by atoms with Crippen LogP contribution in [0, 0.1) is 0 Å². The van der Waals surface area contributed by atoms with Gasteiger partial charge < -0.3 is 20.3 Å². The fourth-order valence-corrected chi connectivity index (χ4v) is 0.882. The van der Waals surface area contributed by atoms with Gasteiger partial charge in [0.05, 0.1) is 19.6 Å². The minimum absolute atomic E-state index is 0.0142. The van der Waals surface area contributed by atoms with E-state index in [0.717, 1.165) is 0 Å². The first-order chi connectivity index (χ1) is 7.41. The molecule has 0 saturated heterocycles. The molecule has 16 heavy (non-hydrogen) atoms. The predicted molar refractivity (Wildman–Crippen MR) is 56.6 cm³/mol. The van der Waals surface area contributed by atoms with Gasteiger partial charge in [0.15, 0.2) is 0 Å². The minimum atomic E-state index is -1.33. The molecular formula is C10H19NO5. The topological polar surface area (TPSA) is 95.9 Å². The molecule has 0 saturated carbocycles. The van der Waals surface area contributed by atoms with Crippen LogP contribution < -0.4 is 5.32 Å². The normalized spacial score (nSPS) is 14.0. The molecule has 0 aromatic rings. The number of aliphatic hydroxyl groups is 2. The molecule has 0 aliphatic rings. The lowest BCUT2D eigenvalue weighted by atomic mass is 10.1. The summed E-state index contributed by atoms with van der Waals surface area (Å²) in [4.78, 5) is 22.1. The SMILES string of the molecule is CCOC(=O)CCC(=O)NCC(C)(O)CO. The Morgan fingerprint density at radius 1 is 1.38 bits per heavy atom. The van der Waals surface area contributed by atoms with Gasteiger partial charge in [0, 0.05) is 13.0 Å². The predicted octanol–water partition coefficient (Wildman–Crippen LogP) is -0.811. The Labute approximate surface area is 94.6 Å². The van der Waals surface area contributed by atoms with Gasteiger partial charge in [-0.15, -0.1) is 0 Å². The maximum absolute atomic E-state index is 11.2. The number of ether oxygens (including phenoxy) is 1. The first-order valence-corrected chi connectivity index (χ1v) is 5.17. The Hall–Kier alpha value is -1.14. The number of carbonyl (C=O) groups is 2. The maximum atomic E-state index is 11.2. The molecule has 3 N–H and O–H groups in total. The van der Waals surface area contributed by atoms with Crippen LogP contribution in [0.25, 0.3) is 0 Å². The number of rotatable bonds is 7. The summed E-state index contributed by atoms with van der Waals surface area (Å²) in [7, 11) is 0. The highest BCUT2D eigenvalue weighted by Gasteiger charge is 2.19. The summed E-state index contributed by atoms with van der Waals surface area (Å²) in [5, 5.41) is 20.5. The van der Waals surface area contributed by atoms with E-state index < -0.39 is 18.2 Å². The van der Waals surface area contributed by atoms with Crippen molar-refractivity contribution >= 4 is 11.9 Å². The van der Waals surface area contributed by atoms with Gasteiger partial charge in [0.2, 0.25) is 5.91 Å². The summed E-state index contributed by atoms with van der Waals surface area (Å²) in [6, 6.07) is 0. The number of carbonyl (C=O) groups excluding carboxylic acids is 2. The van der Waals surface area contributed by atoms with E-state index in [9.17, 15) is 14.7 Å². The third-order valence-electron chi connectivity index (χ3n) is 1.87. The number of hydrogen-bond donors (Lipinski definition) is 3. The summed E-state index contributed by atoms with van der Waals surface area (Å²) >= 11 is 0. The first kappa shape index (κ1) is 14.9. The van der Waals surface area contributed by atoms with Crippen LogP contribution >= 0.6 is 0 Å². The molecule has 0 bridgehead atoms. The summed E-state index contributed by atoms with van der Waals surface area (Å²) in [5.74, 6) is -0.784. The lowest BCUT2D eigenvalue weighted by molar-refractivity contribution is -0.144. The lowest BCUT2D eigenvalue weighted by Crippen LogP contribution is -2.43. The molecule has 94 valence electrons. The van der Waals surface area contributed by atoms with E-state index in [1.165, 1.54) is 6.92 Å². The molecule has 0 aliphatic heterocycles. The van der Waals surface area contributed by atoms with Crippen molar-refractivity contribution in [2.75, 3.05) is 19.8 Å². The van der Waals surface area contributed by atoms with Crippen LogP contribution in [0.15, 0.2) is 0 Å². The number of aliphatic hydroxyl groups excluding tert-OH is 1. The molecule has 1 amide bonds. The van der Waals surface area contributed by atoms with E-state index in [2.05, 4.69) is 10.1 Å². The lowest BCUT2D eigenvalue weighted by Gasteiger charge is -2.20. The monoisotopic (exact) mass is 233 g/mol.